The minimum absolute atomic E-state index is 0.0504. The first-order chi connectivity index (χ1) is 12.8. The van der Waals surface area contributed by atoms with E-state index < -0.39 is 5.54 Å². The number of hydrogen-bond acceptors (Lipinski definition) is 5. The van der Waals surface area contributed by atoms with Crippen LogP contribution >= 0.6 is 0 Å². The summed E-state index contributed by atoms with van der Waals surface area (Å²) in [6.45, 7) is 0.0504. The second kappa shape index (κ2) is 5.68. The van der Waals surface area contributed by atoms with Crippen LogP contribution in [0.2, 0.25) is 0 Å². The SMILES string of the molecule is OCCC1(c2ccccc2)C=Cc2ccc3cc4c(nc3c2=N1)=NC=N4. The zero-order valence-electron chi connectivity index (χ0n) is 14.0. The van der Waals surface area contributed by atoms with Crippen molar-refractivity contribution >= 4 is 29.0 Å². The predicted octanol–water partition coefficient (Wildman–Crippen LogP) is 2.45. The molecule has 1 atom stereocenters. The van der Waals surface area contributed by atoms with Crippen LogP contribution in [0.15, 0.2) is 69.6 Å². The summed E-state index contributed by atoms with van der Waals surface area (Å²) in [5.74, 6) is 0. The lowest BCUT2D eigenvalue weighted by atomic mass is 9.84. The monoisotopic (exact) mass is 340 g/mol. The van der Waals surface area contributed by atoms with Gasteiger partial charge in [-0.1, -0.05) is 54.6 Å². The molecule has 0 fully saturated rings. The maximum atomic E-state index is 9.69. The quantitative estimate of drug-likeness (QED) is 0.795. The van der Waals surface area contributed by atoms with Crippen LogP contribution in [-0.2, 0) is 5.54 Å². The zero-order chi connectivity index (χ0) is 17.6. The molecule has 26 heavy (non-hydrogen) atoms. The van der Waals surface area contributed by atoms with Gasteiger partial charge in [0.2, 0.25) is 0 Å². The Labute approximate surface area is 149 Å². The summed E-state index contributed by atoms with van der Waals surface area (Å²) in [6.07, 6.45) is 6.20. The Morgan fingerprint density at radius 3 is 2.77 bits per heavy atom. The van der Waals surface area contributed by atoms with Crippen LogP contribution in [0.3, 0.4) is 0 Å². The minimum atomic E-state index is -0.592. The van der Waals surface area contributed by atoms with Crippen molar-refractivity contribution in [2.75, 3.05) is 6.61 Å². The Hall–Kier alpha value is -3.18. The van der Waals surface area contributed by atoms with Gasteiger partial charge in [0, 0.05) is 24.0 Å². The highest BCUT2D eigenvalue weighted by atomic mass is 16.3. The molecule has 5 heteroatoms. The topological polar surface area (TPSA) is 70.2 Å². The number of pyridine rings is 1. The largest absolute Gasteiger partial charge is 0.396 e. The van der Waals surface area contributed by atoms with Gasteiger partial charge in [-0.05, 0) is 11.6 Å². The second-order valence-corrected chi connectivity index (χ2v) is 6.49. The van der Waals surface area contributed by atoms with E-state index in [2.05, 4.69) is 28.2 Å². The van der Waals surface area contributed by atoms with Crippen molar-refractivity contribution in [1.82, 2.24) is 4.98 Å². The molecule has 126 valence electrons. The molecule has 0 radical (unpaired) electrons. The summed E-state index contributed by atoms with van der Waals surface area (Å²) >= 11 is 0. The molecule has 0 amide bonds. The van der Waals surface area contributed by atoms with Crippen LogP contribution < -0.4 is 10.8 Å². The van der Waals surface area contributed by atoms with Crippen molar-refractivity contribution in [2.24, 2.45) is 15.0 Å². The molecule has 1 aromatic heterocycles. The van der Waals surface area contributed by atoms with Crippen LogP contribution in [0.5, 0.6) is 0 Å². The van der Waals surface area contributed by atoms with E-state index in [0.717, 1.165) is 33.1 Å². The normalized spacial score (nSPS) is 19.7. The van der Waals surface area contributed by atoms with E-state index in [1.807, 2.05) is 42.5 Å². The van der Waals surface area contributed by atoms with E-state index in [9.17, 15) is 5.11 Å². The van der Waals surface area contributed by atoms with Gasteiger partial charge in [0.25, 0.3) is 0 Å². The molecule has 1 N–H and O–H groups in total. The smallest absolute Gasteiger partial charge is 0.180 e. The molecule has 0 bridgehead atoms. The molecule has 5 rings (SSSR count). The second-order valence-electron chi connectivity index (χ2n) is 6.49. The van der Waals surface area contributed by atoms with Crippen molar-refractivity contribution in [3.8, 4) is 0 Å². The Morgan fingerprint density at radius 2 is 1.92 bits per heavy atom. The fourth-order valence-corrected chi connectivity index (χ4v) is 3.61. The number of rotatable bonds is 3. The molecule has 1 unspecified atom stereocenters. The highest BCUT2D eigenvalue weighted by molar-refractivity contribution is 5.85. The van der Waals surface area contributed by atoms with Gasteiger partial charge in [-0.25, -0.2) is 15.0 Å². The highest BCUT2D eigenvalue weighted by Gasteiger charge is 2.30. The lowest BCUT2D eigenvalue weighted by molar-refractivity contribution is 0.257. The molecule has 0 spiro atoms. The number of hydrogen-bond donors (Lipinski definition) is 1. The summed E-state index contributed by atoms with van der Waals surface area (Å²) in [5, 5.41) is 11.5. The van der Waals surface area contributed by atoms with Gasteiger partial charge in [0.15, 0.2) is 5.49 Å². The van der Waals surface area contributed by atoms with Gasteiger partial charge in [0.1, 0.15) is 17.6 Å². The number of aliphatic hydroxyl groups excluding tert-OH is 1. The van der Waals surface area contributed by atoms with Gasteiger partial charge in [-0.3, -0.25) is 4.99 Å². The first-order valence-electron chi connectivity index (χ1n) is 8.59. The molecule has 0 saturated carbocycles. The summed E-state index contributed by atoms with van der Waals surface area (Å²) in [5.41, 5.74) is 3.72. The van der Waals surface area contributed by atoms with Crippen molar-refractivity contribution in [3.63, 3.8) is 0 Å². The average molecular weight is 340 g/mol. The van der Waals surface area contributed by atoms with Gasteiger partial charge in [-0.15, -0.1) is 0 Å². The Bertz CT molecular complexity index is 1200. The first kappa shape index (κ1) is 15.1. The van der Waals surface area contributed by atoms with Crippen LogP contribution in [0.1, 0.15) is 17.5 Å². The molecule has 2 aromatic carbocycles. The fraction of sp³-hybridized carbons (Fsp3) is 0.143. The summed E-state index contributed by atoms with van der Waals surface area (Å²) in [7, 11) is 0. The van der Waals surface area contributed by atoms with Crippen LogP contribution in [0, 0.1) is 0 Å². The Balaban J connectivity index is 1.83. The predicted molar refractivity (Wildman–Crippen MR) is 101 cm³/mol. The molecule has 5 nitrogen and oxygen atoms in total. The molecule has 3 aromatic rings. The number of aromatic nitrogens is 1. The van der Waals surface area contributed by atoms with E-state index in [1.54, 1.807) is 0 Å². The minimum Gasteiger partial charge on any atom is -0.396 e. The summed E-state index contributed by atoms with van der Waals surface area (Å²) in [4.78, 5) is 18.3. The summed E-state index contributed by atoms with van der Waals surface area (Å²) in [6, 6.07) is 16.2. The molecular weight excluding hydrogens is 324 g/mol. The average Bonchev–Trinajstić information content (AvgIpc) is 3.14. The van der Waals surface area contributed by atoms with Crippen LogP contribution in [0.4, 0.5) is 5.69 Å². The van der Waals surface area contributed by atoms with E-state index in [1.165, 1.54) is 6.34 Å². The van der Waals surface area contributed by atoms with Gasteiger partial charge >= 0.3 is 0 Å². The maximum absolute atomic E-state index is 9.69. The number of fused-ring (bicyclic) bond motifs is 4. The van der Waals surface area contributed by atoms with Crippen LogP contribution in [0.25, 0.3) is 17.0 Å². The highest BCUT2D eigenvalue weighted by Crippen LogP contribution is 2.34. The van der Waals surface area contributed by atoms with Crippen molar-refractivity contribution in [3.05, 3.63) is 76.6 Å². The molecule has 2 aliphatic heterocycles. The van der Waals surface area contributed by atoms with Gasteiger partial charge < -0.3 is 5.11 Å². The lowest BCUT2D eigenvalue weighted by Crippen LogP contribution is -2.30. The third kappa shape index (κ3) is 2.21. The van der Waals surface area contributed by atoms with Crippen LogP contribution in [-0.4, -0.2) is 23.0 Å². The third-order valence-electron chi connectivity index (χ3n) is 4.95. The summed E-state index contributed by atoms with van der Waals surface area (Å²) < 4.78 is 0. The Morgan fingerprint density at radius 1 is 1.04 bits per heavy atom. The number of nitrogens with zero attached hydrogens (tertiary/aromatic N) is 4. The van der Waals surface area contributed by atoms with Gasteiger partial charge in [-0.2, -0.15) is 0 Å². The zero-order valence-corrected chi connectivity index (χ0v) is 14.0. The first-order valence-corrected chi connectivity index (χ1v) is 8.59. The third-order valence-corrected chi connectivity index (χ3v) is 4.95. The van der Waals surface area contributed by atoms with Crippen molar-refractivity contribution in [1.29, 1.82) is 0 Å². The van der Waals surface area contributed by atoms with E-state index in [4.69, 9.17) is 9.98 Å². The fourth-order valence-electron chi connectivity index (χ4n) is 3.61. The number of aliphatic hydroxyl groups is 1. The molecule has 3 heterocycles. The molecule has 0 saturated heterocycles. The number of benzene rings is 2. The molecular formula is C21H16N4O. The van der Waals surface area contributed by atoms with E-state index in [-0.39, 0.29) is 6.61 Å². The standard InChI is InChI=1S/C21H16N4O/c26-11-10-21(16-4-2-1-3-5-16)9-8-14-6-7-15-12-17-20(23-13-22-17)24-18(15)19(14)25-21/h1-9,12-13,26H,10-11H2. The lowest BCUT2D eigenvalue weighted by Gasteiger charge is -2.29. The Kier molecular flexibility index (Phi) is 3.30. The maximum Gasteiger partial charge on any atom is 0.180 e. The van der Waals surface area contributed by atoms with E-state index >= 15 is 0 Å². The van der Waals surface area contributed by atoms with Crippen molar-refractivity contribution < 1.29 is 5.11 Å². The van der Waals surface area contributed by atoms with Crippen molar-refractivity contribution in [2.45, 2.75) is 12.0 Å². The molecule has 2 aliphatic rings. The van der Waals surface area contributed by atoms with E-state index in [0.29, 0.717) is 11.9 Å². The van der Waals surface area contributed by atoms with Gasteiger partial charge in [0.05, 0.1) is 10.9 Å². The molecule has 0 aliphatic carbocycles. The number of aliphatic imine (C=N–C) groups is 1.